The molecule has 2 nitrogen and oxygen atoms in total. The molecule has 0 N–H and O–H groups in total. The van der Waals surface area contributed by atoms with Gasteiger partial charge in [0.05, 0.1) is 5.69 Å². The first-order valence-electron chi connectivity index (χ1n) is 4.37. The Balaban J connectivity index is 0.00000144. The number of aromatic nitrogens is 2. The van der Waals surface area contributed by atoms with Gasteiger partial charge in [-0.15, -0.1) is 0 Å². The summed E-state index contributed by atoms with van der Waals surface area (Å²) >= 11 is 1.92. The fourth-order valence-electron chi connectivity index (χ4n) is 1.18. The summed E-state index contributed by atoms with van der Waals surface area (Å²) in [6.07, 6.45) is 1.07. The van der Waals surface area contributed by atoms with Gasteiger partial charge in [-0.1, -0.05) is 21.3 Å². The Hall–Kier alpha value is -0.440. The van der Waals surface area contributed by atoms with Crippen LogP contribution >= 0.6 is 11.8 Å². The molecular formula is C10H20N2S. The van der Waals surface area contributed by atoms with Crippen LogP contribution in [0, 0.1) is 0 Å². The summed E-state index contributed by atoms with van der Waals surface area (Å²) in [6.45, 7) is 4.34. The van der Waals surface area contributed by atoms with Crippen molar-refractivity contribution in [2.45, 2.75) is 33.4 Å². The van der Waals surface area contributed by atoms with Crippen molar-refractivity contribution in [3.63, 3.8) is 0 Å². The third-order valence-electron chi connectivity index (χ3n) is 1.84. The lowest BCUT2D eigenvalue weighted by atomic mass is 10.3. The van der Waals surface area contributed by atoms with Crippen LogP contribution in [0.4, 0.5) is 0 Å². The van der Waals surface area contributed by atoms with Gasteiger partial charge in [0.1, 0.15) is 0 Å². The zero-order valence-corrected chi connectivity index (χ0v) is 8.82. The molecule has 0 spiro atoms. The molecule has 1 heterocycles. The first-order valence-corrected chi connectivity index (χ1v) is 5.53. The summed E-state index contributed by atoms with van der Waals surface area (Å²) in [5, 5.41) is 4.41. The van der Waals surface area contributed by atoms with Gasteiger partial charge in [0, 0.05) is 18.5 Å². The van der Waals surface area contributed by atoms with Crippen molar-refractivity contribution < 1.29 is 0 Å². The van der Waals surface area contributed by atoms with E-state index in [-0.39, 0.29) is 7.43 Å². The highest BCUT2D eigenvalue weighted by molar-refractivity contribution is 7.98. The summed E-state index contributed by atoms with van der Waals surface area (Å²) in [7, 11) is 2.01. The zero-order chi connectivity index (χ0) is 8.97. The monoisotopic (exact) mass is 200 g/mol. The quantitative estimate of drug-likeness (QED) is 0.744. The predicted molar refractivity (Wildman–Crippen MR) is 61.2 cm³/mol. The average Bonchev–Trinajstić information content (AvgIpc) is 2.43. The van der Waals surface area contributed by atoms with E-state index in [4.69, 9.17) is 0 Å². The number of nitrogens with zero attached hydrogens (tertiary/aromatic N) is 2. The summed E-state index contributed by atoms with van der Waals surface area (Å²) in [4.78, 5) is 0. The molecule has 0 unspecified atom stereocenters. The highest BCUT2D eigenvalue weighted by atomic mass is 32.2. The Morgan fingerprint density at radius 2 is 2.15 bits per heavy atom. The maximum absolute atomic E-state index is 4.41. The molecule has 0 bridgehead atoms. The van der Waals surface area contributed by atoms with Gasteiger partial charge in [0.2, 0.25) is 0 Å². The predicted octanol–water partition coefficient (Wildman–Crippen LogP) is 2.87. The molecule has 0 aromatic carbocycles. The van der Waals surface area contributed by atoms with Crippen molar-refractivity contribution in [3.05, 3.63) is 17.5 Å². The largest absolute Gasteiger partial charge is 0.272 e. The van der Waals surface area contributed by atoms with Crippen molar-refractivity contribution in [1.82, 2.24) is 9.78 Å². The molecule has 76 valence electrons. The van der Waals surface area contributed by atoms with E-state index >= 15 is 0 Å². The fourth-order valence-corrected chi connectivity index (χ4v) is 1.73. The highest BCUT2D eigenvalue weighted by Crippen LogP contribution is 2.11. The minimum absolute atomic E-state index is 0. The molecule has 13 heavy (non-hydrogen) atoms. The lowest BCUT2D eigenvalue weighted by molar-refractivity contribution is 0.710. The minimum Gasteiger partial charge on any atom is -0.272 e. The van der Waals surface area contributed by atoms with Gasteiger partial charge >= 0.3 is 0 Å². The normalized spacial score (nSPS) is 9.77. The Morgan fingerprint density at radius 1 is 1.46 bits per heavy atom. The Bertz CT molecular complexity index is 243. The van der Waals surface area contributed by atoms with E-state index in [2.05, 4.69) is 25.0 Å². The van der Waals surface area contributed by atoms with Gasteiger partial charge in [0.25, 0.3) is 0 Å². The van der Waals surface area contributed by atoms with Gasteiger partial charge in [-0.05, 0) is 18.2 Å². The minimum atomic E-state index is 0. The summed E-state index contributed by atoms with van der Waals surface area (Å²) in [5.41, 5.74) is 2.53. The van der Waals surface area contributed by atoms with Crippen molar-refractivity contribution in [3.8, 4) is 0 Å². The number of hydrogen-bond acceptors (Lipinski definition) is 2. The third kappa shape index (κ3) is 3.43. The molecule has 0 fully saturated rings. The van der Waals surface area contributed by atoms with Crippen LogP contribution < -0.4 is 0 Å². The second-order valence-electron chi connectivity index (χ2n) is 2.74. The van der Waals surface area contributed by atoms with Gasteiger partial charge in [-0.25, -0.2) is 0 Å². The van der Waals surface area contributed by atoms with Crippen LogP contribution in [0.25, 0.3) is 0 Å². The van der Waals surface area contributed by atoms with Crippen LogP contribution in [-0.2, 0) is 19.2 Å². The van der Waals surface area contributed by atoms with Crippen molar-refractivity contribution in [2.24, 2.45) is 7.05 Å². The summed E-state index contributed by atoms with van der Waals surface area (Å²) in [6, 6.07) is 2.20. The smallest absolute Gasteiger partial charge is 0.0726 e. The molecule has 0 saturated heterocycles. The first-order chi connectivity index (χ1) is 5.77. The van der Waals surface area contributed by atoms with Crippen LogP contribution in [-0.4, -0.2) is 15.5 Å². The first kappa shape index (κ1) is 12.6. The van der Waals surface area contributed by atoms with Crippen molar-refractivity contribution in [1.29, 1.82) is 0 Å². The van der Waals surface area contributed by atoms with E-state index in [1.165, 1.54) is 11.4 Å². The van der Waals surface area contributed by atoms with Gasteiger partial charge in [0.15, 0.2) is 0 Å². The SMILES string of the molecule is C.CCSCc1cc(CC)n(C)n1. The van der Waals surface area contributed by atoms with E-state index in [1.54, 1.807) is 0 Å². The molecule has 3 heteroatoms. The lowest BCUT2D eigenvalue weighted by Gasteiger charge is -1.93. The van der Waals surface area contributed by atoms with Crippen LogP contribution in [0.2, 0.25) is 0 Å². The molecular weight excluding hydrogens is 180 g/mol. The molecule has 0 aliphatic heterocycles. The molecule has 0 amide bonds. The molecule has 1 aromatic heterocycles. The Labute approximate surface area is 85.7 Å². The number of thioether (sulfide) groups is 1. The van der Waals surface area contributed by atoms with Crippen molar-refractivity contribution in [2.75, 3.05) is 5.75 Å². The van der Waals surface area contributed by atoms with E-state index in [0.717, 1.165) is 17.9 Å². The molecule has 0 aliphatic carbocycles. The Kier molecular flexibility index (Phi) is 5.88. The third-order valence-corrected chi connectivity index (χ3v) is 2.75. The molecule has 1 aromatic rings. The summed E-state index contributed by atoms with van der Waals surface area (Å²) < 4.78 is 1.98. The summed E-state index contributed by atoms with van der Waals surface area (Å²) in [5.74, 6) is 2.21. The number of rotatable bonds is 4. The van der Waals surface area contributed by atoms with Gasteiger partial charge in [-0.3, -0.25) is 4.68 Å². The topological polar surface area (TPSA) is 17.8 Å². The van der Waals surface area contributed by atoms with Crippen LogP contribution in [0.1, 0.15) is 32.7 Å². The Morgan fingerprint density at radius 3 is 2.62 bits per heavy atom. The van der Waals surface area contributed by atoms with Gasteiger partial charge in [-0.2, -0.15) is 16.9 Å². The van der Waals surface area contributed by atoms with E-state index in [1.807, 2.05) is 23.5 Å². The zero-order valence-electron chi connectivity index (χ0n) is 8.00. The molecule has 0 radical (unpaired) electrons. The lowest BCUT2D eigenvalue weighted by Crippen LogP contribution is -1.96. The average molecular weight is 200 g/mol. The molecule has 0 atom stereocenters. The van der Waals surface area contributed by atoms with E-state index in [9.17, 15) is 0 Å². The second kappa shape index (κ2) is 6.08. The maximum atomic E-state index is 4.41. The van der Waals surface area contributed by atoms with E-state index < -0.39 is 0 Å². The second-order valence-corrected chi connectivity index (χ2v) is 4.02. The molecule has 1 rings (SSSR count). The van der Waals surface area contributed by atoms with Gasteiger partial charge < -0.3 is 0 Å². The fraction of sp³-hybridized carbons (Fsp3) is 0.700. The molecule has 0 aliphatic rings. The van der Waals surface area contributed by atoms with Crippen LogP contribution in [0.5, 0.6) is 0 Å². The van der Waals surface area contributed by atoms with Crippen LogP contribution in [0.15, 0.2) is 6.07 Å². The number of aryl methyl sites for hydroxylation is 2. The van der Waals surface area contributed by atoms with E-state index in [0.29, 0.717) is 0 Å². The standard InChI is InChI=1S/C9H16N2S.CH4/c1-4-9-6-8(7-12-5-2)10-11(9)3;/h6H,4-5,7H2,1-3H3;1H4. The number of hydrogen-bond donors (Lipinski definition) is 0. The van der Waals surface area contributed by atoms with Crippen molar-refractivity contribution >= 4 is 11.8 Å². The van der Waals surface area contributed by atoms with Crippen LogP contribution in [0.3, 0.4) is 0 Å². The highest BCUT2D eigenvalue weighted by Gasteiger charge is 2.01. The maximum Gasteiger partial charge on any atom is 0.0726 e. The molecule has 0 saturated carbocycles.